The Morgan fingerprint density at radius 2 is 1.87 bits per heavy atom. The first-order valence-corrected chi connectivity index (χ1v) is 17.7. The number of nitrogens with zero attached hydrogens (tertiary/aromatic N) is 3. The lowest BCUT2D eigenvalue weighted by atomic mass is 10.1. The van der Waals surface area contributed by atoms with Crippen molar-refractivity contribution >= 4 is 47.1 Å². The van der Waals surface area contributed by atoms with Gasteiger partial charge in [0.1, 0.15) is 23.5 Å². The predicted octanol–water partition coefficient (Wildman–Crippen LogP) is 7.63. The number of H-pyrrole nitrogens is 1. The molecule has 4 rings (SSSR count). The predicted molar refractivity (Wildman–Crippen MR) is 163 cm³/mol. The van der Waals surface area contributed by atoms with Crippen molar-refractivity contribution < 1.29 is 14.3 Å². The van der Waals surface area contributed by atoms with Crippen LogP contribution in [0.25, 0.3) is 22.4 Å². The number of aromatic nitrogens is 4. The third-order valence-corrected chi connectivity index (χ3v) is 8.75. The monoisotopic (exact) mass is 611 g/mol. The molecule has 0 radical (unpaired) electrons. The molecule has 208 valence electrons. The smallest absolute Gasteiger partial charge is 0.414 e. The molecule has 8 nitrogen and oxygen atoms in total. The average molecular weight is 613 g/mol. The van der Waals surface area contributed by atoms with Crippen LogP contribution in [0.5, 0.6) is 0 Å². The molecule has 0 saturated heterocycles. The molecule has 0 unspecified atom stereocenters. The quantitative estimate of drug-likeness (QED) is 0.142. The van der Waals surface area contributed by atoms with Crippen molar-refractivity contribution in [1.29, 1.82) is 0 Å². The minimum atomic E-state index is -1.21. The second kappa shape index (κ2) is 12.1. The van der Waals surface area contributed by atoms with Crippen LogP contribution < -0.4 is 5.32 Å². The number of hydrogen-bond acceptors (Lipinski definition) is 5. The SMILES string of the molecule is CC(C)(C)OC(=O)Nc1nc2c(-c3cc(CCc4ccccc4)c(Br)n3COCC[Si](C)(C)C)nccc2[nH]1. The highest BCUT2D eigenvalue weighted by atomic mass is 79.9. The molecule has 0 saturated carbocycles. The number of imidazole rings is 1. The third-order valence-electron chi connectivity index (χ3n) is 6.11. The van der Waals surface area contributed by atoms with Crippen LogP contribution in [0.4, 0.5) is 10.7 Å². The molecule has 0 atom stereocenters. The molecule has 3 aromatic heterocycles. The highest BCUT2D eigenvalue weighted by molar-refractivity contribution is 9.10. The van der Waals surface area contributed by atoms with E-state index < -0.39 is 19.8 Å². The highest BCUT2D eigenvalue weighted by Gasteiger charge is 2.22. The zero-order valence-electron chi connectivity index (χ0n) is 23.6. The van der Waals surface area contributed by atoms with E-state index in [0.29, 0.717) is 30.5 Å². The summed E-state index contributed by atoms with van der Waals surface area (Å²) in [6, 6.07) is 15.6. The van der Waals surface area contributed by atoms with E-state index in [4.69, 9.17) is 14.5 Å². The Bertz CT molecular complexity index is 1420. The Balaban J connectivity index is 1.65. The summed E-state index contributed by atoms with van der Waals surface area (Å²) in [5, 5.41) is 2.70. The number of carbonyl (C=O) groups excluding carboxylic acids is 1. The summed E-state index contributed by atoms with van der Waals surface area (Å²) in [5.41, 5.74) is 4.88. The average Bonchev–Trinajstić information content (AvgIpc) is 3.39. The summed E-state index contributed by atoms with van der Waals surface area (Å²) < 4.78 is 14.6. The van der Waals surface area contributed by atoms with Crippen molar-refractivity contribution in [2.24, 2.45) is 0 Å². The molecule has 0 spiro atoms. The van der Waals surface area contributed by atoms with Gasteiger partial charge in [0, 0.05) is 20.9 Å². The van der Waals surface area contributed by atoms with Gasteiger partial charge in [0.05, 0.1) is 15.8 Å². The zero-order valence-corrected chi connectivity index (χ0v) is 26.2. The molecule has 3 heterocycles. The maximum absolute atomic E-state index is 12.3. The van der Waals surface area contributed by atoms with Crippen molar-refractivity contribution in [3.63, 3.8) is 0 Å². The number of benzene rings is 1. The first kappa shape index (κ1) is 29.0. The van der Waals surface area contributed by atoms with Crippen LogP contribution in [0.1, 0.15) is 31.9 Å². The van der Waals surface area contributed by atoms with Crippen LogP contribution >= 0.6 is 15.9 Å². The Kier molecular flexibility index (Phi) is 8.98. The minimum Gasteiger partial charge on any atom is -0.444 e. The molecule has 10 heteroatoms. The lowest BCUT2D eigenvalue weighted by Gasteiger charge is -2.18. The number of hydrogen-bond donors (Lipinski definition) is 2. The van der Waals surface area contributed by atoms with E-state index in [1.165, 1.54) is 11.1 Å². The number of nitrogens with one attached hydrogen (secondary N) is 2. The molecular weight excluding hydrogens is 574 g/mol. The first-order valence-electron chi connectivity index (χ1n) is 13.2. The number of ether oxygens (including phenoxy) is 2. The minimum absolute atomic E-state index is 0.307. The summed E-state index contributed by atoms with van der Waals surface area (Å²) >= 11 is 3.86. The lowest BCUT2D eigenvalue weighted by molar-refractivity contribution is 0.0635. The Hall–Kier alpha value is -2.95. The number of halogens is 1. The molecule has 0 fully saturated rings. The fraction of sp³-hybridized carbons (Fsp3) is 0.414. The summed E-state index contributed by atoms with van der Waals surface area (Å²) in [7, 11) is -1.21. The first-order chi connectivity index (χ1) is 18.4. The fourth-order valence-electron chi connectivity index (χ4n) is 4.12. The van der Waals surface area contributed by atoms with Gasteiger partial charge in [0.15, 0.2) is 0 Å². The lowest BCUT2D eigenvalue weighted by Crippen LogP contribution is -2.27. The number of rotatable bonds is 10. The fourth-order valence-corrected chi connectivity index (χ4v) is 5.48. The molecule has 1 amide bonds. The van der Waals surface area contributed by atoms with Gasteiger partial charge in [-0.15, -0.1) is 0 Å². The van der Waals surface area contributed by atoms with E-state index in [-0.39, 0.29) is 0 Å². The molecule has 0 aliphatic rings. The van der Waals surface area contributed by atoms with Crippen LogP contribution in [0.2, 0.25) is 25.7 Å². The zero-order chi connectivity index (χ0) is 28.2. The Labute approximate surface area is 239 Å². The molecule has 0 bridgehead atoms. The van der Waals surface area contributed by atoms with Crippen LogP contribution in [-0.2, 0) is 29.0 Å². The van der Waals surface area contributed by atoms with Crippen LogP contribution in [0, 0.1) is 0 Å². The van der Waals surface area contributed by atoms with Crippen molar-refractivity contribution in [3.8, 4) is 11.4 Å². The van der Waals surface area contributed by atoms with E-state index in [2.05, 4.69) is 85.8 Å². The van der Waals surface area contributed by atoms with Crippen LogP contribution in [0.15, 0.2) is 53.3 Å². The number of amides is 1. The molecule has 0 aliphatic heterocycles. The molecule has 1 aromatic carbocycles. The largest absolute Gasteiger partial charge is 0.444 e. The molecule has 0 aliphatic carbocycles. The summed E-state index contributed by atoms with van der Waals surface area (Å²) in [6.07, 6.45) is 2.96. The van der Waals surface area contributed by atoms with Crippen molar-refractivity contribution in [2.75, 3.05) is 11.9 Å². The number of aromatic amines is 1. The maximum Gasteiger partial charge on any atom is 0.414 e. The maximum atomic E-state index is 12.3. The molecule has 2 N–H and O–H groups in total. The number of anilines is 1. The Morgan fingerprint density at radius 3 is 2.56 bits per heavy atom. The summed E-state index contributed by atoms with van der Waals surface area (Å²) in [4.78, 5) is 24.9. The standard InChI is InChI=1S/C29H38BrN5O3Si/c1-29(2,3)38-28(36)34-27-32-22-14-15-31-25(24(22)33-27)23-18-21(13-12-20-10-8-7-9-11-20)26(30)35(23)19-37-16-17-39(4,5)6/h7-11,14-15,18H,12-13,16-17,19H2,1-6H3,(H2,32,33,34,36). The van der Waals surface area contributed by atoms with E-state index in [0.717, 1.165) is 34.7 Å². The number of carbonyl (C=O) groups is 1. The van der Waals surface area contributed by atoms with Gasteiger partial charge in [-0.3, -0.25) is 10.3 Å². The van der Waals surface area contributed by atoms with Crippen LogP contribution in [0.3, 0.4) is 0 Å². The van der Waals surface area contributed by atoms with E-state index in [9.17, 15) is 4.79 Å². The molecule has 4 aromatic rings. The highest BCUT2D eigenvalue weighted by Crippen LogP contribution is 2.33. The number of aryl methyl sites for hydroxylation is 2. The van der Waals surface area contributed by atoms with Crippen LogP contribution in [-0.4, -0.2) is 45.9 Å². The van der Waals surface area contributed by atoms with Crippen molar-refractivity contribution in [2.45, 2.75) is 71.6 Å². The summed E-state index contributed by atoms with van der Waals surface area (Å²) in [6.45, 7) is 13.6. The third kappa shape index (κ3) is 8.03. The van der Waals surface area contributed by atoms with Gasteiger partial charge in [-0.25, -0.2) is 9.78 Å². The van der Waals surface area contributed by atoms with E-state index in [1.807, 2.05) is 32.9 Å². The topological polar surface area (TPSA) is 94.1 Å². The molecular formula is C29H38BrN5O3Si. The van der Waals surface area contributed by atoms with Crippen molar-refractivity contribution in [3.05, 3.63) is 64.4 Å². The van der Waals surface area contributed by atoms with Gasteiger partial charge < -0.3 is 19.0 Å². The number of fused-ring (bicyclic) bond motifs is 1. The Morgan fingerprint density at radius 1 is 1.13 bits per heavy atom. The van der Waals surface area contributed by atoms with Gasteiger partial charge in [-0.1, -0.05) is 50.0 Å². The van der Waals surface area contributed by atoms with E-state index in [1.54, 1.807) is 6.20 Å². The van der Waals surface area contributed by atoms with Gasteiger partial charge in [-0.2, -0.15) is 0 Å². The summed E-state index contributed by atoms with van der Waals surface area (Å²) in [5.74, 6) is 0.307. The second-order valence-electron chi connectivity index (χ2n) is 11.9. The van der Waals surface area contributed by atoms with Crippen molar-refractivity contribution in [1.82, 2.24) is 19.5 Å². The van der Waals surface area contributed by atoms with Gasteiger partial charge in [0.2, 0.25) is 5.95 Å². The van der Waals surface area contributed by atoms with Gasteiger partial charge in [0.25, 0.3) is 0 Å². The normalized spacial score (nSPS) is 12.2. The van der Waals surface area contributed by atoms with Gasteiger partial charge in [-0.05, 0) is 78.8 Å². The van der Waals surface area contributed by atoms with Gasteiger partial charge >= 0.3 is 6.09 Å². The molecule has 39 heavy (non-hydrogen) atoms. The number of pyridine rings is 1. The van der Waals surface area contributed by atoms with E-state index >= 15 is 0 Å². The second-order valence-corrected chi connectivity index (χ2v) is 18.2.